The first kappa shape index (κ1) is 18.8. The molecule has 1 unspecified atom stereocenters. The number of fused-ring (bicyclic) bond motifs is 1. The molecule has 1 aromatic heterocycles. The number of benzene rings is 2. The lowest BCUT2D eigenvalue weighted by atomic mass is 10.1. The van der Waals surface area contributed by atoms with E-state index in [9.17, 15) is 4.79 Å². The molecule has 148 valence electrons. The van der Waals surface area contributed by atoms with Gasteiger partial charge in [0, 0.05) is 29.6 Å². The molecule has 1 atom stereocenters. The third-order valence-electron chi connectivity index (χ3n) is 5.12. The molecule has 1 aliphatic rings. The third-order valence-corrected chi connectivity index (χ3v) is 5.12. The molecule has 0 radical (unpaired) electrons. The Morgan fingerprint density at radius 1 is 1.10 bits per heavy atom. The van der Waals surface area contributed by atoms with E-state index < -0.39 is 0 Å². The number of ether oxygens (including phenoxy) is 2. The van der Waals surface area contributed by atoms with E-state index in [1.165, 1.54) is 5.56 Å². The van der Waals surface area contributed by atoms with Crippen molar-refractivity contribution in [3.63, 3.8) is 0 Å². The number of carbonyl (C=O) groups is 1. The van der Waals surface area contributed by atoms with Crippen LogP contribution in [0.5, 0.6) is 11.5 Å². The third kappa shape index (κ3) is 3.61. The topological polar surface area (TPSA) is 63.7 Å². The highest BCUT2D eigenvalue weighted by molar-refractivity contribution is 6.05. The van der Waals surface area contributed by atoms with E-state index in [0.29, 0.717) is 22.7 Å². The molecule has 1 N–H and O–H groups in total. The molecule has 0 aliphatic carbocycles. The van der Waals surface area contributed by atoms with Gasteiger partial charge in [0.15, 0.2) is 0 Å². The predicted molar refractivity (Wildman–Crippen MR) is 113 cm³/mol. The Morgan fingerprint density at radius 3 is 2.72 bits per heavy atom. The van der Waals surface area contributed by atoms with Crippen LogP contribution in [0.15, 0.2) is 60.8 Å². The lowest BCUT2D eigenvalue weighted by Crippen LogP contribution is -2.25. The van der Waals surface area contributed by atoms with Crippen molar-refractivity contribution in [3.05, 3.63) is 71.9 Å². The quantitative estimate of drug-likeness (QED) is 0.699. The van der Waals surface area contributed by atoms with Crippen molar-refractivity contribution < 1.29 is 14.3 Å². The second-order valence-corrected chi connectivity index (χ2v) is 6.97. The van der Waals surface area contributed by atoms with E-state index >= 15 is 0 Å². The molecule has 0 saturated heterocycles. The number of hydrogen-bond donors (Lipinski definition) is 1. The summed E-state index contributed by atoms with van der Waals surface area (Å²) < 4.78 is 10.6. The largest absolute Gasteiger partial charge is 0.497 e. The first-order chi connectivity index (χ1) is 14.1. The van der Waals surface area contributed by atoms with Gasteiger partial charge in [0.05, 0.1) is 19.9 Å². The maximum atomic E-state index is 12.9. The number of rotatable bonds is 5. The molecule has 2 heterocycles. The van der Waals surface area contributed by atoms with Gasteiger partial charge in [-0.05, 0) is 49.2 Å². The molecular weight excluding hydrogens is 366 g/mol. The zero-order valence-corrected chi connectivity index (χ0v) is 16.7. The van der Waals surface area contributed by atoms with Gasteiger partial charge in [0.2, 0.25) is 0 Å². The van der Waals surface area contributed by atoms with E-state index in [2.05, 4.69) is 40.3 Å². The molecule has 0 spiro atoms. The summed E-state index contributed by atoms with van der Waals surface area (Å²) in [5.74, 6) is 1.73. The van der Waals surface area contributed by atoms with Crippen molar-refractivity contribution in [2.24, 2.45) is 0 Å². The number of nitrogens with zero attached hydrogens (tertiary/aromatic N) is 2. The Hall–Kier alpha value is -3.54. The fourth-order valence-corrected chi connectivity index (χ4v) is 3.70. The fraction of sp³-hybridized carbons (Fsp3) is 0.217. The number of anilines is 3. The van der Waals surface area contributed by atoms with E-state index in [1.807, 2.05) is 12.1 Å². The van der Waals surface area contributed by atoms with Crippen molar-refractivity contribution in [2.45, 2.75) is 19.4 Å². The van der Waals surface area contributed by atoms with Crippen LogP contribution in [0.2, 0.25) is 0 Å². The highest BCUT2D eigenvalue weighted by Gasteiger charge is 2.28. The van der Waals surface area contributed by atoms with E-state index in [4.69, 9.17) is 9.47 Å². The average Bonchev–Trinajstić information content (AvgIpc) is 3.09. The molecule has 6 heteroatoms. The minimum atomic E-state index is -0.225. The number of nitrogens with one attached hydrogen (secondary N) is 1. The number of para-hydroxylation sites is 1. The second-order valence-electron chi connectivity index (χ2n) is 6.97. The number of amides is 1. The summed E-state index contributed by atoms with van der Waals surface area (Å²) in [7, 11) is 3.14. The standard InChI is InChI=1S/C23H23N3O3/c1-15-12-16-6-4-5-7-20(16)26(15)22-13-17(10-11-24-22)23(27)25-19-9-8-18(28-2)14-21(19)29-3/h4-11,13-15H,12H2,1-3H3,(H,25,27). The van der Waals surface area contributed by atoms with Gasteiger partial charge in [-0.1, -0.05) is 18.2 Å². The predicted octanol–water partition coefficient (Wildman–Crippen LogP) is 4.43. The molecule has 3 aromatic rings. The van der Waals surface area contributed by atoms with Gasteiger partial charge < -0.3 is 19.7 Å². The number of carbonyl (C=O) groups excluding carboxylic acids is 1. The Balaban J connectivity index is 1.60. The zero-order chi connectivity index (χ0) is 20.4. The smallest absolute Gasteiger partial charge is 0.255 e. The molecule has 4 rings (SSSR count). The van der Waals surface area contributed by atoms with Crippen LogP contribution in [-0.2, 0) is 6.42 Å². The number of methoxy groups -OCH3 is 2. The fourth-order valence-electron chi connectivity index (χ4n) is 3.70. The molecule has 29 heavy (non-hydrogen) atoms. The molecule has 0 fully saturated rings. The van der Waals surface area contributed by atoms with E-state index in [1.54, 1.807) is 44.7 Å². The maximum absolute atomic E-state index is 12.9. The molecule has 1 amide bonds. The first-order valence-corrected chi connectivity index (χ1v) is 9.47. The van der Waals surface area contributed by atoms with Crippen molar-refractivity contribution in [3.8, 4) is 11.5 Å². The lowest BCUT2D eigenvalue weighted by Gasteiger charge is -2.24. The van der Waals surface area contributed by atoms with Crippen molar-refractivity contribution in [1.29, 1.82) is 0 Å². The van der Waals surface area contributed by atoms with Gasteiger partial charge in [-0.15, -0.1) is 0 Å². The monoisotopic (exact) mass is 389 g/mol. The summed E-state index contributed by atoms with van der Waals surface area (Å²) in [5, 5.41) is 2.91. The molecule has 0 saturated carbocycles. The molecule has 6 nitrogen and oxygen atoms in total. The Kier molecular flexibility index (Phi) is 5.08. The van der Waals surface area contributed by atoms with Gasteiger partial charge in [-0.2, -0.15) is 0 Å². The van der Waals surface area contributed by atoms with E-state index in [0.717, 1.165) is 17.9 Å². The van der Waals surface area contributed by atoms with Gasteiger partial charge in [0.1, 0.15) is 17.3 Å². The lowest BCUT2D eigenvalue weighted by molar-refractivity contribution is 0.102. The van der Waals surface area contributed by atoms with Crippen molar-refractivity contribution >= 4 is 23.1 Å². The van der Waals surface area contributed by atoms with Crippen LogP contribution in [0, 0.1) is 0 Å². The Bertz CT molecular complexity index is 1050. The van der Waals surface area contributed by atoms with Crippen molar-refractivity contribution in [2.75, 3.05) is 24.4 Å². The van der Waals surface area contributed by atoms with Gasteiger partial charge in [-0.25, -0.2) is 4.98 Å². The highest BCUT2D eigenvalue weighted by atomic mass is 16.5. The summed E-state index contributed by atoms with van der Waals surface area (Å²) in [6.07, 6.45) is 2.63. The maximum Gasteiger partial charge on any atom is 0.255 e. The second kappa shape index (κ2) is 7.83. The van der Waals surface area contributed by atoms with Gasteiger partial charge in [0.25, 0.3) is 5.91 Å². The Labute approximate surface area is 170 Å². The molecular formula is C23H23N3O3. The minimum absolute atomic E-state index is 0.225. The molecule has 2 aromatic carbocycles. The normalized spacial score (nSPS) is 15.0. The van der Waals surface area contributed by atoms with Crippen LogP contribution in [0.4, 0.5) is 17.2 Å². The van der Waals surface area contributed by atoms with Gasteiger partial charge >= 0.3 is 0 Å². The molecule has 0 bridgehead atoms. The number of pyridine rings is 1. The molecule has 1 aliphatic heterocycles. The summed E-state index contributed by atoms with van der Waals surface area (Å²) in [6, 6.07) is 17.4. The van der Waals surface area contributed by atoms with Crippen LogP contribution in [-0.4, -0.2) is 31.2 Å². The minimum Gasteiger partial charge on any atom is -0.497 e. The SMILES string of the molecule is COc1ccc(NC(=O)c2ccnc(N3c4ccccc4CC3C)c2)c(OC)c1. The first-order valence-electron chi connectivity index (χ1n) is 9.47. The van der Waals surface area contributed by atoms with Crippen molar-refractivity contribution in [1.82, 2.24) is 4.98 Å². The van der Waals surface area contributed by atoms with Crippen LogP contribution < -0.4 is 19.7 Å². The number of hydrogen-bond acceptors (Lipinski definition) is 5. The van der Waals surface area contributed by atoms with Crippen LogP contribution in [0.1, 0.15) is 22.8 Å². The van der Waals surface area contributed by atoms with Crippen LogP contribution >= 0.6 is 0 Å². The summed E-state index contributed by atoms with van der Waals surface area (Å²) >= 11 is 0. The zero-order valence-electron chi connectivity index (χ0n) is 16.7. The van der Waals surface area contributed by atoms with E-state index in [-0.39, 0.29) is 11.9 Å². The summed E-state index contributed by atoms with van der Waals surface area (Å²) in [4.78, 5) is 19.6. The Morgan fingerprint density at radius 2 is 1.93 bits per heavy atom. The summed E-state index contributed by atoms with van der Waals surface area (Å²) in [5.41, 5.74) is 3.54. The van der Waals surface area contributed by atoms with Gasteiger partial charge in [-0.3, -0.25) is 4.79 Å². The number of aromatic nitrogens is 1. The summed E-state index contributed by atoms with van der Waals surface area (Å²) in [6.45, 7) is 2.16. The van der Waals surface area contributed by atoms with Crippen LogP contribution in [0.25, 0.3) is 0 Å². The highest BCUT2D eigenvalue weighted by Crippen LogP contribution is 2.37. The average molecular weight is 389 g/mol. The van der Waals surface area contributed by atoms with Crippen LogP contribution in [0.3, 0.4) is 0 Å².